The summed E-state index contributed by atoms with van der Waals surface area (Å²) in [5.41, 5.74) is -0.161. The Labute approximate surface area is 85.2 Å². The molecule has 0 heterocycles. The van der Waals surface area contributed by atoms with Gasteiger partial charge in [0.25, 0.3) is 9.05 Å². The van der Waals surface area contributed by atoms with Crippen molar-refractivity contribution in [2.75, 3.05) is 0 Å². The van der Waals surface area contributed by atoms with Gasteiger partial charge >= 0.3 is 0 Å². The van der Waals surface area contributed by atoms with Gasteiger partial charge in [0.05, 0.1) is 5.56 Å². The number of nitrogens with zero attached hydrogens (tertiary/aromatic N) is 1. The first kappa shape index (κ1) is 11.0. The van der Waals surface area contributed by atoms with Crippen molar-refractivity contribution in [2.24, 2.45) is 0 Å². The maximum absolute atomic E-state index is 12.9. The van der Waals surface area contributed by atoms with E-state index in [0.717, 1.165) is 12.1 Å². The van der Waals surface area contributed by atoms with Crippen LogP contribution >= 0.6 is 10.7 Å². The maximum Gasteiger partial charge on any atom is 0.262 e. The van der Waals surface area contributed by atoms with Crippen LogP contribution in [0.4, 0.5) is 4.39 Å². The lowest BCUT2D eigenvalue weighted by Gasteiger charge is -2.02. The van der Waals surface area contributed by atoms with Crippen molar-refractivity contribution in [2.45, 2.75) is 11.8 Å². The van der Waals surface area contributed by atoms with Crippen LogP contribution in [0.1, 0.15) is 11.1 Å². The lowest BCUT2D eigenvalue weighted by molar-refractivity contribution is 0.604. The van der Waals surface area contributed by atoms with Gasteiger partial charge in [0.15, 0.2) is 0 Å². The van der Waals surface area contributed by atoms with Crippen molar-refractivity contribution < 1.29 is 12.8 Å². The second-order valence-corrected chi connectivity index (χ2v) is 5.18. The number of nitriles is 1. The molecule has 0 aromatic heterocycles. The summed E-state index contributed by atoms with van der Waals surface area (Å²) in [5.74, 6) is -0.634. The van der Waals surface area contributed by atoms with E-state index in [4.69, 9.17) is 15.9 Å². The summed E-state index contributed by atoms with van der Waals surface area (Å²) in [6.45, 7) is 1.39. The van der Waals surface area contributed by atoms with Gasteiger partial charge in [0, 0.05) is 10.7 Å². The van der Waals surface area contributed by atoms with Gasteiger partial charge in [0.1, 0.15) is 16.8 Å². The van der Waals surface area contributed by atoms with Crippen molar-refractivity contribution >= 4 is 19.7 Å². The van der Waals surface area contributed by atoms with Crippen molar-refractivity contribution in [3.05, 3.63) is 29.1 Å². The summed E-state index contributed by atoms with van der Waals surface area (Å²) in [5, 5.41) is 8.56. The van der Waals surface area contributed by atoms with Crippen LogP contribution in [0.2, 0.25) is 0 Å². The first-order valence-corrected chi connectivity index (χ1v) is 5.82. The number of rotatable bonds is 1. The van der Waals surface area contributed by atoms with Crippen LogP contribution in [-0.2, 0) is 9.05 Å². The van der Waals surface area contributed by atoms with Gasteiger partial charge < -0.3 is 0 Å². The Morgan fingerprint density at radius 2 is 2.07 bits per heavy atom. The summed E-state index contributed by atoms with van der Waals surface area (Å²) in [7, 11) is 1.06. The lowest BCUT2D eigenvalue weighted by atomic mass is 10.1. The fraction of sp³-hybridized carbons (Fsp3) is 0.125. The number of benzene rings is 1. The fourth-order valence-corrected chi connectivity index (χ4v) is 2.01. The molecular formula is C8H5ClFNO2S. The zero-order chi connectivity index (χ0) is 10.9. The Bertz CT molecular complexity index is 519. The summed E-state index contributed by atoms with van der Waals surface area (Å²) < 4.78 is 34.9. The van der Waals surface area contributed by atoms with Crippen LogP contribution in [0.5, 0.6) is 0 Å². The van der Waals surface area contributed by atoms with E-state index in [0.29, 0.717) is 0 Å². The molecule has 3 nitrogen and oxygen atoms in total. The van der Waals surface area contributed by atoms with Crippen molar-refractivity contribution in [1.29, 1.82) is 5.26 Å². The fourth-order valence-electron chi connectivity index (χ4n) is 0.944. The first-order chi connectivity index (χ1) is 6.36. The number of hydrogen-bond acceptors (Lipinski definition) is 3. The zero-order valence-electron chi connectivity index (χ0n) is 7.08. The molecule has 1 aromatic carbocycles. The molecule has 74 valence electrons. The first-order valence-electron chi connectivity index (χ1n) is 3.51. The molecule has 6 heteroatoms. The molecule has 0 aliphatic rings. The van der Waals surface area contributed by atoms with Crippen molar-refractivity contribution in [3.8, 4) is 6.07 Å². The molecular weight excluding hydrogens is 229 g/mol. The van der Waals surface area contributed by atoms with Crippen LogP contribution in [0.25, 0.3) is 0 Å². The van der Waals surface area contributed by atoms with E-state index >= 15 is 0 Å². The minimum atomic E-state index is -4.00. The van der Waals surface area contributed by atoms with Gasteiger partial charge in [0.2, 0.25) is 0 Å². The third-order valence-corrected chi connectivity index (χ3v) is 3.01. The van der Waals surface area contributed by atoms with E-state index < -0.39 is 14.9 Å². The van der Waals surface area contributed by atoms with Crippen LogP contribution in [0.3, 0.4) is 0 Å². The Balaban J connectivity index is 3.61. The van der Waals surface area contributed by atoms with Gasteiger partial charge in [-0.25, -0.2) is 12.8 Å². The smallest absolute Gasteiger partial charge is 0.207 e. The average molecular weight is 234 g/mol. The predicted octanol–water partition coefficient (Wildman–Crippen LogP) is 1.93. The van der Waals surface area contributed by atoms with Crippen LogP contribution in [-0.4, -0.2) is 8.42 Å². The Hall–Kier alpha value is -1.12. The highest BCUT2D eigenvalue weighted by Gasteiger charge is 2.17. The minimum absolute atomic E-state index is 0.128. The highest BCUT2D eigenvalue weighted by atomic mass is 35.7. The summed E-state index contributed by atoms with van der Waals surface area (Å²) in [6.07, 6.45) is 0. The number of hydrogen-bond donors (Lipinski definition) is 0. The van der Waals surface area contributed by atoms with Crippen LogP contribution in [0.15, 0.2) is 17.0 Å². The summed E-state index contributed by atoms with van der Waals surface area (Å²) >= 11 is 0. The average Bonchev–Trinajstić information content (AvgIpc) is 2.07. The maximum atomic E-state index is 12.9. The van der Waals surface area contributed by atoms with Crippen LogP contribution < -0.4 is 0 Å². The van der Waals surface area contributed by atoms with E-state index in [1.165, 1.54) is 6.92 Å². The molecule has 0 aliphatic heterocycles. The number of aryl methyl sites for hydroxylation is 1. The second-order valence-electron chi connectivity index (χ2n) is 2.65. The molecule has 0 saturated carbocycles. The molecule has 0 radical (unpaired) electrons. The molecule has 1 rings (SSSR count). The van der Waals surface area contributed by atoms with Crippen molar-refractivity contribution in [3.63, 3.8) is 0 Å². The second kappa shape index (κ2) is 3.56. The quantitative estimate of drug-likeness (QED) is 0.697. The van der Waals surface area contributed by atoms with Gasteiger partial charge in [-0.2, -0.15) is 5.26 Å². The largest absolute Gasteiger partial charge is 0.262 e. The molecule has 1 aromatic rings. The monoisotopic (exact) mass is 233 g/mol. The third-order valence-electron chi connectivity index (χ3n) is 1.64. The minimum Gasteiger partial charge on any atom is -0.207 e. The standard InChI is InChI=1S/C8H5ClFNO2S/c1-5-2-8(14(9,12)13)6(4-11)3-7(5)10/h2-3H,1H3. The normalized spacial score (nSPS) is 11.0. The highest BCUT2D eigenvalue weighted by Crippen LogP contribution is 2.22. The molecule has 0 atom stereocenters. The van der Waals surface area contributed by atoms with Gasteiger partial charge in [-0.3, -0.25) is 0 Å². The topological polar surface area (TPSA) is 57.9 Å². The predicted molar refractivity (Wildman–Crippen MR) is 48.9 cm³/mol. The molecule has 0 spiro atoms. The van der Waals surface area contributed by atoms with Crippen molar-refractivity contribution in [1.82, 2.24) is 0 Å². The molecule has 0 unspecified atom stereocenters. The molecule has 0 N–H and O–H groups in total. The Morgan fingerprint density at radius 3 is 2.50 bits per heavy atom. The SMILES string of the molecule is Cc1cc(S(=O)(=O)Cl)c(C#N)cc1F. The van der Waals surface area contributed by atoms with E-state index in [2.05, 4.69) is 0 Å². The highest BCUT2D eigenvalue weighted by molar-refractivity contribution is 8.13. The van der Waals surface area contributed by atoms with E-state index in [1.807, 2.05) is 0 Å². The number of halogens is 2. The molecule has 0 fully saturated rings. The zero-order valence-corrected chi connectivity index (χ0v) is 8.66. The van der Waals surface area contributed by atoms with E-state index in [9.17, 15) is 12.8 Å². The lowest BCUT2D eigenvalue weighted by Crippen LogP contribution is -1.98. The molecule has 0 bridgehead atoms. The van der Waals surface area contributed by atoms with Gasteiger partial charge in [-0.15, -0.1) is 0 Å². The Morgan fingerprint density at radius 1 is 1.50 bits per heavy atom. The summed E-state index contributed by atoms with van der Waals surface area (Å²) in [4.78, 5) is -0.361. The van der Waals surface area contributed by atoms with Gasteiger partial charge in [-0.05, 0) is 24.6 Å². The molecule has 0 saturated heterocycles. The third kappa shape index (κ3) is 2.03. The summed E-state index contributed by atoms with van der Waals surface area (Å²) in [6, 6.07) is 3.46. The van der Waals surface area contributed by atoms with Gasteiger partial charge in [-0.1, -0.05) is 0 Å². The molecule has 0 aliphatic carbocycles. The molecule has 14 heavy (non-hydrogen) atoms. The molecule has 0 amide bonds. The van der Waals surface area contributed by atoms with Crippen LogP contribution in [0, 0.1) is 24.1 Å². The Kier molecular flexibility index (Phi) is 2.79. The van der Waals surface area contributed by atoms with E-state index in [1.54, 1.807) is 6.07 Å². The van der Waals surface area contributed by atoms with E-state index in [-0.39, 0.29) is 16.0 Å².